The molecule has 0 aromatic carbocycles. The van der Waals surface area contributed by atoms with Crippen LogP contribution >= 0.6 is 22.7 Å². The molecule has 144 valence electrons. The van der Waals surface area contributed by atoms with Crippen molar-refractivity contribution in [2.24, 2.45) is 5.92 Å². The minimum Gasteiger partial charge on any atom is -1.00 e. The number of quaternary nitrogens is 1. The monoisotopic (exact) mass is 455 g/mol. The van der Waals surface area contributed by atoms with Gasteiger partial charge in [0.05, 0.1) is 26.2 Å². The van der Waals surface area contributed by atoms with Crippen LogP contribution in [0.2, 0.25) is 0 Å². The predicted octanol–water partition coefficient (Wildman–Crippen LogP) is 2.07. The molecule has 4 heterocycles. The molecular weight excluding hydrogens is 426 g/mol. The average Bonchev–Trinajstić information content (AvgIpc) is 3.18. The molecule has 1 unspecified atom stereocenters. The maximum atomic E-state index is 11.9. The molecule has 2 fully saturated rings. The van der Waals surface area contributed by atoms with E-state index in [4.69, 9.17) is 0 Å². The number of fused-ring (bicyclic) bond motifs is 2. The predicted molar refractivity (Wildman–Crippen MR) is 107 cm³/mol. The van der Waals surface area contributed by atoms with E-state index in [2.05, 4.69) is 50.8 Å². The van der Waals surface area contributed by atoms with Crippen LogP contribution in [0, 0.1) is 19.8 Å². The van der Waals surface area contributed by atoms with Crippen LogP contribution in [-0.4, -0.2) is 35.8 Å². The summed E-state index contributed by atoms with van der Waals surface area (Å²) in [5.41, 5.74) is 1.37. The molecule has 2 aromatic heterocycles. The van der Waals surface area contributed by atoms with Crippen LogP contribution in [0.3, 0.4) is 0 Å². The third-order valence-corrected chi connectivity index (χ3v) is 8.65. The SMILES string of the molecule is Cc1cc(C(O)(CC2C[C@H]3CC[C@@H](C2)[N+]3(C)C)c2csc(C)c2)cs1.[Br-]. The highest BCUT2D eigenvalue weighted by molar-refractivity contribution is 7.10. The first-order valence-corrected chi connectivity index (χ1v) is 11.2. The lowest BCUT2D eigenvalue weighted by Crippen LogP contribution is -3.00. The van der Waals surface area contributed by atoms with Gasteiger partial charge in [-0.2, -0.15) is 0 Å². The first kappa shape index (κ1) is 20.5. The van der Waals surface area contributed by atoms with Crippen LogP contribution in [0.15, 0.2) is 22.9 Å². The molecule has 2 bridgehead atoms. The number of nitrogens with zero attached hydrogens (tertiary/aromatic N) is 1. The Morgan fingerprint density at radius 1 is 1.00 bits per heavy atom. The highest BCUT2D eigenvalue weighted by atomic mass is 79.9. The van der Waals surface area contributed by atoms with E-state index in [9.17, 15) is 5.11 Å². The number of rotatable bonds is 4. The van der Waals surface area contributed by atoms with Crippen LogP contribution in [-0.2, 0) is 5.60 Å². The maximum Gasteiger partial charge on any atom is 0.116 e. The van der Waals surface area contributed by atoms with E-state index in [1.165, 1.54) is 39.9 Å². The van der Waals surface area contributed by atoms with E-state index in [-0.39, 0.29) is 17.0 Å². The third-order valence-electron chi connectivity index (χ3n) is 6.93. The summed E-state index contributed by atoms with van der Waals surface area (Å²) < 4.78 is 1.20. The topological polar surface area (TPSA) is 20.2 Å². The second kappa shape index (κ2) is 7.32. The summed E-state index contributed by atoms with van der Waals surface area (Å²) in [6, 6.07) is 5.94. The van der Waals surface area contributed by atoms with Gasteiger partial charge in [-0.15, -0.1) is 22.7 Å². The van der Waals surface area contributed by atoms with Crippen LogP contribution in [0.4, 0.5) is 0 Å². The van der Waals surface area contributed by atoms with E-state index < -0.39 is 5.60 Å². The lowest BCUT2D eigenvalue weighted by Gasteiger charge is -2.45. The highest BCUT2D eigenvalue weighted by Gasteiger charge is 2.50. The Bertz CT molecular complexity index is 709. The van der Waals surface area contributed by atoms with Gasteiger partial charge in [0.15, 0.2) is 0 Å². The van der Waals surface area contributed by atoms with Crippen LogP contribution in [0.1, 0.15) is 53.0 Å². The van der Waals surface area contributed by atoms with Crippen molar-refractivity contribution in [2.75, 3.05) is 14.1 Å². The zero-order chi connectivity index (χ0) is 17.8. The zero-order valence-corrected chi connectivity index (χ0v) is 19.4. The molecule has 0 saturated carbocycles. The molecule has 2 aliphatic heterocycles. The minimum atomic E-state index is -0.825. The van der Waals surface area contributed by atoms with Crippen molar-refractivity contribution in [3.8, 4) is 0 Å². The second-order valence-corrected chi connectivity index (χ2v) is 11.0. The number of thiophene rings is 2. The van der Waals surface area contributed by atoms with E-state index >= 15 is 0 Å². The number of hydrogen-bond donors (Lipinski definition) is 1. The van der Waals surface area contributed by atoms with Gasteiger partial charge in [0.2, 0.25) is 0 Å². The van der Waals surface area contributed by atoms with Gasteiger partial charge < -0.3 is 26.6 Å². The second-order valence-electron chi connectivity index (χ2n) is 8.81. The van der Waals surface area contributed by atoms with Gasteiger partial charge >= 0.3 is 0 Å². The molecule has 2 saturated heterocycles. The molecule has 3 atom stereocenters. The average molecular weight is 457 g/mol. The Morgan fingerprint density at radius 2 is 1.46 bits per heavy atom. The molecule has 2 aliphatic rings. The highest BCUT2D eigenvalue weighted by Crippen LogP contribution is 2.48. The standard InChI is InChI=1S/C21H30NOS2.BrH/c1-14-7-17(12-24-14)21(23,18-8-15(2)25-13-18)11-16-9-19-5-6-20(10-16)22(19,3)4;/h7-8,12-13,16,19-20,23H,5-6,9-11H2,1-4H3;1H/q+1;/p-1/t16?,19-,20+;. The Balaban J connectivity index is 0.00000196. The number of aliphatic hydroxyl groups is 1. The largest absolute Gasteiger partial charge is 1.00 e. The fourth-order valence-corrected chi connectivity index (χ4v) is 6.84. The molecule has 0 radical (unpaired) electrons. The van der Waals surface area contributed by atoms with Crippen molar-refractivity contribution < 1.29 is 26.6 Å². The summed E-state index contributed by atoms with van der Waals surface area (Å²) in [7, 11) is 4.82. The van der Waals surface area contributed by atoms with Gasteiger partial charge in [0, 0.05) is 35.4 Å². The Labute approximate surface area is 176 Å². The van der Waals surface area contributed by atoms with E-state index in [0.717, 1.165) is 29.6 Å². The fraction of sp³-hybridized carbons (Fsp3) is 0.619. The molecule has 4 rings (SSSR count). The van der Waals surface area contributed by atoms with E-state index in [1.807, 2.05) is 0 Å². The fourth-order valence-electron chi connectivity index (χ4n) is 5.30. The Kier molecular flexibility index (Phi) is 5.78. The first-order valence-electron chi connectivity index (χ1n) is 9.46. The summed E-state index contributed by atoms with van der Waals surface area (Å²) in [5.74, 6) is 0.620. The van der Waals surface area contributed by atoms with Gasteiger partial charge in [0.25, 0.3) is 0 Å². The Hall–Kier alpha value is -0.200. The summed E-state index contributed by atoms with van der Waals surface area (Å²) in [4.78, 5) is 2.56. The summed E-state index contributed by atoms with van der Waals surface area (Å²) in [5, 5.41) is 16.2. The number of hydrogen-bond acceptors (Lipinski definition) is 3. The molecular formula is C21H30BrNOS2. The van der Waals surface area contributed by atoms with Crippen molar-refractivity contribution >= 4 is 22.7 Å². The van der Waals surface area contributed by atoms with E-state index in [0.29, 0.717) is 5.92 Å². The smallest absolute Gasteiger partial charge is 0.116 e. The van der Waals surface area contributed by atoms with Crippen molar-refractivity contribution in [1.29, 1.82) is 0 Å². The quantitative estimate of drug-likeness (QED) is 0.699. The van der Waals surface area contributed by atoms with Crippen molar-refractivity contribution in [2.45, 2.75) is 63.6 Å². The van der Waals surface area contributed by atoms with Crippen molar-refractivity contribution in [3.05, 3.63) is 43.8 Å². The van der Waals surface area contributed by atoms with Gasteiger partial charge in [-0.3, -0.25) is 0 Å². The number of aryl methyl sites for hydroxylation is 2. The summed E-state index contributed by atoms with van der Waals surface area (Å²) in [6.45, 7) is 4.27. The number of piperidine rings is 1. The zero-order valence-electron chi connectivity index (χ0n) is 16.2. The first-order chi connectivity index (χ1) is 11.8. The summed E-state index contributed by atoms with van der Waals surface area (Å²) >= 11 is 3.50. The summed E-state index contributed by atoms with van der Waals surface area (Å²) in [6.07, 6.45) is 6.12. The molecule has 5 heteroatoms. The number of halogens is 1. The molecule has 0 aliphatic carbocycles. The molecule has 2 nitrogen and oxygen atoms in total. The van der Waals surface area contributed by atoms with Gasteiger partial charge in [-0.1, -0.05) is 0 Å². The van der Waals surface area contributed by atoms with Gasteiger partial charge in [-0.25, -0.2) is 0 Å². The van der Waals surface area contributed by atoms with Crippen LogP contribution in [0.25, 0.3) is 0 Å². The maximum absolute atomic E-state index is 11.9. The van der Waals surface area contributed by atoms with Crippen LogP contribution in [0.5, 0.6) is 0 Å². The normalized spacial score (nSPS) is 27.3. The van der Waals surface area contributed by atoms with E-state index in [1.54, 1.807) is 22.7 Å². The lowest BCUT2D eigenvalue weighted by atomic mass is 9.76. The van der Waals surface area contributed by atoms with Gasteiger partial charge in [-0.05, 0) is 60.2 Å². The van der Waals surface area contributed by atoms with Gasteiger partial charge in [0.1, 0.15) is 5.60 Å². The third kappa shape index (κ3) is 3.46. The Morgan fingerprint density at radius 3 is 1.85 bits per heavy atom. The molecule has 26 heavy (non-hydrogen) atoms. The molecule has 0 amide bonds. The lowest BCUT2D eigenvalue weighted by molar-refractivity contribution is -0.931. The van der Waals surface area contributed by atoms with Crippen molar-refractivity contribution in [1.82, 2.24) is 0 Å². The van der Waals surface area contributed by atoms with Crippen LogP contribution < -0.4 is 17.0 Å². The molecule has 1 N–H and O–H groups in total. The molecule has 2 aromatic rings. The molecule has 0 spiro atoms. The van der Waals surface area contributed by atoms with Crippen molar-refractivity contribution in [3.63, 3.8) is 0 Å². The minimum absolute atomic E-state index is 0.